The molecule has 0 saturated carbocycles. The van der Waals surface area contributed by atoms with Crippen molar-refractivity contribution in [3.63, 3.8) is 0 Å². The maximum absolute atomic E-state index is 13.7. The highest BCUT2D eigenvalue weighted by molar-refractivity contribution is 7.99. The summed E-state index contributed by atoms with van der Waals surface area (Å²) < 4.78 is 21.2. The van der Waals surface area contributed by atoms with Crippen molar-refractivity contribution >= 4 is 17.8 Å². The van der Waals surface area contributed by atoms with Crippen molar-refractivity contribution in [1.29, 1.82) is 0 Å². The van der Waals surface area contributed by atoms with Gasteiger partial charge in [-0.1, -0.05) is 72.5 Å². The molecule has 0 saturated heterocycles. The van der Waals surface area contributed by atoms with E-state index in [1.165, 1.54) is 6.07 Å². The number of rotatable bonds is 9. The highest BCUT2D eigenvalue weighted by atomic mass is 32.2. The van der Waals surface area contributed by atoms with E-state index in [0.29, 0.717) is 12.4 Å². The SMILES string of the molecule is C=CCn1c(COc2ccccc2F)nnc1SCC=Cc1ccccc1. The van der Waals surface area contributed by atoms with Gasteiger partial charge in [0.15, 0.2) is 22.5 Å². The number of allylic oxidation sites excluding steroid dienone is 1. The zero-order valence-corrected chi connectivity index (χ0v) is 15.6. The number of benzene rings is 2. The van der Waals surface area contributed by atoms with Gasteiger partial charge in [0.1, 0.15) is 6.61 Å². The summed E-state index contributed by atoms with van der Waals surface area (Å²) in [4.78, 5) is 0. The number of nitrogens with zero attached hydrogens (tertiary/aromatic N) is 3. The van der Waals surface area contributed by atoms with E-state index in [4.69, 9.17) is 4.74 Å². The quantitative estimate of drug-likeness (QED) is 0.387. The van der Waals surface area contributed by atoms with Gasteiger partial charge in [0.2, 0.25) is 0 Å². The average molecular weight is 381 g/mol. The van der Waals surface area contributed by atoms with E-state index in [-0.39, 0.29) is 12.4 Å². The fourth-order valence-electron chi connectivity index (χ4n) is 2.42. The number of hydrogen-bond acceptors (Lipinski definition) is 4. The molecular formula is C21H20FN3OS. The third-order valence-electron chi connectivity index (χ3n) is 3.72. The number of halogens is 1. The molecule has 0 N–H and O–H groups in total. The Morgan fingerprint density at radius 1 is 1.07 bits per heavy atom. The minimum absolute atomic E-state index is 0.141. The van der Waals surface area contributed by atoms with Gasteiger partial charge < -0.3 is 4.74 Å². The van der Waals surface area contributed by atoms with Crippen LogP contribution in [-0.2, 0) is 13.2 Å². The van der Waals surface area contributed by atoms with E-state index >= 15 is 0 Å². The van der Waals surface area contributed by atoms with Crippen LogP contribution in [0.25, 0.3) is 6.08 Å². The summed E-state index contributed by atoms with van der Waals surface area (Å²) in [6, 6.07) is 16.4. The van der Waals surface area contributed by atoms with Crippen LogP contribution >= 0.6 is 11.8 Å². The first-order chi connectivity index (χ1) is 13.3. The lowest BCUT2D eigenvalue weighted by Crippen LogP contribution is -2.08. The number of hydrogen-bond donors (Lipinski definition) is 0. The van der Waals surface area contributed by atoms with Gasteiger partial charge in [-0.3, -0.25) is 4.57 Å². The van der Waals surface area contributed by atoms with Gasteiger partial charge in [-0.2, -0.15) is 0 Å². The minimum atomic E-state index is -0.395. The minimum Gasteiger partial charge on any atom is -0.483 e. The van der Waals surface area contributed by atoms with Crippen molar-refractivity contribution in [3.8, 4) is 5.75 Å². The Balaban J connectivity index is 1.63. The normalized spacial score (nSPS) is 11.0. The smallest absolute Gasteiger partial charge is 0.191 e. The van der Waals surface area contributed by atoms with Crippen LogP contribution in [0.15, 0.2) is 78.5 Å². The molecule has 0 atom stereocenters. The lowest BCUT2D eigenvalue weighted by atomic mass is 10.2. The second-order valence-electron chi connectivity index (χ2n) is 5.64. The number of ether oxygens (including phenoxy) is 1. The predicted molar refractivity (Wildman–Crippen MR) is 107 cm³/mol. The van der Waals surface area contributed by atoms with Gasteiger partial charge in [0.05, 0.1) is 0 Å². The predicted octanol–water partition coefficient (Wildman–Crippen LogP) is 4.99. The first kappa shape index (κ1) is 18.9. The Morgan fingerprint density at radius 2 is 1.85 bits per heavy atom. The molecular weight excluding hydrogens is 361 g/mol. The summed E-state index contributed by atoms with van der Waals surface area (Å²) >= 11 is 1.58. The van der Waals surface area contributed by atoms with E-state index in [0.717, 1.165) is 16.5 Å². The number of thioether (sulfide) groups is 1. The van der Waals surface area contributed by atoms with Crippen molar-refractivity contribution in [2.24, 2.45) is 0 Å². The average Bonchev–Trinajstić information content (AvgIpc) is 3.07. The molecule has 0 bridgehead atoms. The topological polar surface area (TPSA) is 39.9 Å². The molecule has 0 radical (unpaired) electrons. The molecule has 1 aromatic heterocycles. The molecule has 138 valence electrons. The standard InChI is InChI=1S/C21H20FN3OS/c1-2-14-25-20(16-26-19-13-7-6-12-18(19)22)23-24-21(25)27-15-8-11-17-9-4-3-5-10-17/h2-13H,1,14-16H2. The summed E-state index contributed by atoms with van der Waals surface area (Å²) in [7, 11) is 0. The first-order valence-electron chi connectivity index (χ1n) is 8.52. The van der Waals surface area contributed by atoms with E-state index in [1.807, 2.05) is 22.8 Å². The molecule has 27 heavy (non-hydrogen) atoms. The Morgan fingerprint density at radius 3 is 2.63 bits per heavy atom. The molecule has 4 nitrogen and oxygen atoms in total. The summed E-state index contributed by atoms with van der Waals surface area (Å²) in [6.45, 7) is 4.49. The molecule has 6 heteroatoms. The molecule has 0 aliphatic carbocycles. The van der Waals surface area contributed by atoms with Crippen molar-refractivity contribution in [1.82, 2.24) is 14.8 Å². The van der Waals surface area contributed by atoms with E-state index in [9.17, 15) is 4.39 Å². The highest BCUT2D eigenvalue weighted by Gasteiger charge is 2.12. The molecule has 2 aromatic carbocycles. The van der Waals surface area contributed by atoms with Crippen molar-refractivity contribution in [2.45, 2.75) is 18.3 Å². The van der Waals surface area contributed by atoms with Gasteiger partial charge in [-0.25, -0.2) is 4.39 Å². The van der Waals surface area contributed by atoms with E-state index in [2.05, 4.69) is 41.1 Å². The van der Waals surface area contributed by atoms with Crippen molar-refractivity contribution in [3.05, 3.63) is 90.5 Å². The fraction of sp³-hybridized carbons (Fsp3) is 0.143. The van der Waals surface area contributed by atoms with E-state index < -0.39 is 5.82 Å². The van der Waals surface area contributed by atoms with Crippen LogP contribution in [0.2, 0.25) is 0 Å². The maximum Gasteiger partial charge on any atom is 0.191 e. The molecule has 0 amide bonds. The monoisotopic (exact) mass is 381 g/mol. The van der Waals surface area contributed by atoms with E-state index in [1.54, 1.807) is 36.0 Å². The summed E-state index contributed by atoms with van der Waals surface area (Å²) in [6.07, 6.45) is 5.94. The molecule has 3 aromatic rings. The van der Waals surface area contributed by atoms with Crippen LogP contribution in [0, 0.1) is 5.82 Å². The van der Waals surface area contributed by atoms with Crippen molar-refractivity contribution < 1.29 is 9.13 Å². The maximum atomic E-state index is 13.7. The summed E-state index contributed by atoms with van der Waals surface area (Å²) in [5.74, 6) is 1.20. The Bertz CT molecular complexity index is 909. The highest BCUT2D eigenvalue weighted by Crippen LogP contribution is 2.20. The van der Waals surface area contributed by atoms with Gasteiger partial charge in [-0.15, -0.1) is 16.8 Å². The molecule has 0 aliphatic rings. The van der Waals surface area contributed by atoms with Gasteiger partial charge in [0, 0.05) is 12.3 Å². The third-order valence-corrected chi connectivity index (χ3v) is 4.64. The van der Waals surface area contributed by atoms with Crippen LogP contribution in [0.1, 0.15) is 11.4 Å². The first-order valence-corrected chi connectivity index (χ1v) is 9.51. The van der Waals surface area contributed by atoms with Gasteiger partial charge >= 0.3 is 0 Å². The molecule has 0 spiro atoms. The fourth-order valence-corrected chi connectivity index (χ4v) is 3.20. The molecule has 0 unspecified atom stereocenters. The number of para-hydroxylation sites is 1. The van der Waals surface area contributed by atoms with Crippen molar-refractivity contribution in [2.75, 3.05) is 5.75 Å². The Kier molecular flexibility index (Phi) is 6.82. The van der Waals surface area contributed by atoms with Gasteiger partial charge in [0.25, 0.3) is 0 Å². The van der Waals surface area contributed by atoms with Crippen LogP contribution in [0.3, 0.4) is 0 Å². The Hall–Kier alpha value is -2.86. The number of aromatic nitrogens is 3. The molecule has 1 heterocycles. The lowest BCUT2D eigenvalue weighted by molar-refractivity contribution is 0.275. The van der Waals surface area contributed by atoms with Crippen LogP contribution < -0.4 is 4.74 Å². The lowest BCUT2D eigenvalue weighted by Gasteiger charge is -2.09. The zero-order chi connectivity index (χ0) is 18.9. The second-order valence-corrected chi connectivity index (χ2v) is 6.63. The third kappa shape index (κ3) is 5.31. The van der Waals surface area contributed by atoms with Gasteiger partial charge in [-0.05, 0) is 17.7 Å². The molecule has 0 fully saturated rings. The molecule has 3 rings (SSSR count). The summed E-state index contributed by atoms with van der Waals surface area (Å²) in [5, 5.41) is 9.20. The van der Waals surface area contributed by atoms with Crippen LogP contribution in [0.4, 0.5) is 4.39 Å². The summed E-state index contributed by atoms with van der Waals surface area (Å²) in [5.41, 5.74) is 1.16. The largest absolute Gasteiger partial charge is 0.483 e. The second kappa shape index (κ2) is 9.73. The molecule has 0 aliphatic heterocycles. The Labute approximate surface area is 162 Å². The van der Waals surface area contributed by atoms with Crippen LogP contribution in [0.5, 0.6) is 5.75 Å². The van der Waals surface area contributed by atoms with Crippen LogP contribution in [-0.4, -0.2) is 20.5 Å². The zero-order valence-electron chi connectivity index (χ0n) is 14.8.